The number of halogens is 4. The molecule has 0 saturated heterocycles. The zero-order chi connectivity index (χ0) is 25.1. The third-order valence-electron chi connectivity index (χ3n) is 3.45. The van der Waals surface area contributed by atoms with E-state index in [0.717, 1.165) is 6.07 Å². The fourth-order valence-corrected chi connectivity index (χ4v) is 2.79. The van der Waals surface area contributed by atoms with Gasteiger partial charge in [-0.1, -0.05) is 15.9 Å². The van der Waals surface area contributed by atoms with Gasteiger partial charge in [0, 0.05) is 14.1 Å². The molecule has 0 fully saturated rings. The summed E-state index contributed by atoms with van der Waals surface area (Å²) in [6.07, 6.45) is -9.34. The van der Waals surface area contributed by atoms with Crippen LogP contribution in [0.15, 0.2) is 22.2 Å². The lowest BCUT2D eigenvalue weighted by atomic mass is 9.99. The van der Waals surface area contributed by atoms with Crippen molar-refractivity contribution >= 4 is 28.0 Å². The molecule has 164 valence electrons. The number of hydrogen-bond donors (Lipinski definition) is 0. The van der Waals surface area contributed by atoms with Crippen LogP contribution in [-0.4, -0.2) is 47.7 Å². The molecule has 11 nitrogen and oxygen atoms in total. The van der Waals surface area contributed by atoms with Gasteiger partial charge in [0.2, 0.25) is 6.10 Å². The van der Waals surface area contributed by atoms with E-state index in [1.807, 2.05) is 0 Å². The predicted molar refractivity (Wildman–Crippen MR) is 93.1 cm³/mol. The number of rotatable bonds is 8. The maximum absolute atomic E-state index is 13.6. The number of benzene rings is 1. The van der Waals surface area contributed by atoms with E-state index in [-0.39, 0.29) is 10.0 Å². The smallest absolute Gasteiger partial charge is 0.430 e. The number of alkyl halides is 3. The molecular formula is C15H12BrF3N2O9. The summed E-state index contributed by atoms with van der Waals surface area (Å²) in [6, 6.07) is 2.23. The van der Waals surface area contributed by atoms with Crippen LogP contribution in [0.5, 0.6) is 5.75 Å². The zero-order valence-electron chi connectivity index (χ0n) is 17.4. The number of hydrogen-bond acceptors (Lipinski definition) is 9. The van der Waals surface area contributed by atoms with Gasteiger partial charge in [-0.15, -0.1) is 20.2 Å². The topological polar surface area (TPSA) is 140 Å². The normalized spacial score (nSPS) is 17.4. The fraction of sp³-hybridized carbons (Fsp3) is 0.400. The Morgan fingerprint density at radius 3 is 2.40 bits per heavy atom. The number of nitrogens with zero attached hydrogens (tertiary/aromatic N) is 2. The summed E-state index contributed by atoms with van der Waals surface area (Å²) >= 11 is 3.02. The molecule has 0 bridgehead atoms. The van der Waals surface area contributed by atoms with Crippen molar-refractivity contribution in [2.75, 3.05) is 13.2 Å². The van der Waals surface area contributed by atoms with Crippen molar-refractivity contribution in [2.24, 2.45) is 0 Å². The lowest BCUT2D eigenvalue weighted by molar-refractivity contribution is -0.768. The number of fused-ring (bicyclic) bond motifs is 1. The van der Waals surface area contributed by atoms with E-state index in [1.165, 1.54) is 6.07 Å². The predicted octanol–water partition coefficient (Wildman–Crippen LogP) is 2.79. The molecule has 1 aliphatic heterocycles. The highest BCUT2D eigenvalue weighted by Gasteiger charge is 2.49. The Hall–Kier alpha value is -3.10. The molecule has 1 aromatic carbocycles. The van der Waals surface area contributed by atoms with E-state index in [0.29, 0.717) is 6.08 Å². The summed E-state index contributed by atoms with van der Waals surface area (Å²) < 4.78 is 73.2. The van der Waals surface area contributed by atoms with E-state index in [4.69, 9.17) is 13.6 Å². The molecule has 1 atom stereocenters. The maximum Gasteiger partial charge on any atom is 0.430 e. The molecule has 0 amide bonds. The van der Waals surface area contributed by atoms with Crippen LogP contribution in [0.3, 0.4) is 0 Å². The summed E-state index contributed by atoms with van der Waals surface area (Å²) in [5.41, 5.74) is -1.90. The summed E-state index contributed by atoms with van der Waals surface area (Å²) in [5, 5.41) is 18.0. The van der Waals surface area contributed by atoms with E-state index >= 15 is 0 Å². The number of aryl methyl sites for hydroxylation is 1. The molecular weight excluding hydrogens is 489 g/mol. The molecule has 0 aromatic heterocycles. The highest BCUT2D eigenvalue weighted by atomic mass is 79.9. The highest BCUT2D eigenvalue weighted by molar-refractivity contribution is 9.10. The molecule has 1 heterocycles. The zero-order valence-corrected chi connectivity index (χ0v) is 16.0. The molecule has 0 unspecified atom stereocenters. The van der Waals surface area contributed by atoms with E-state index in [1.54, 1.807) is 0 Å². The Labute approximate surface area is 177 Å². The van der Waals surface area contributed by atoms with Gasteiger partial charge in [0.1, 0.15) is 25.1 Å². The quantitative estimate of drug-likeness (QED) is 0.297. The van der Waals surface area contributed by atoms with Crippen LogP contribution in [0.4, 0.5) is 13.2 Å². The molecule has 0 aliphatic carbocycles. The number of carbonyl (C=O) groups is 1. The van der Waals surface area contributed by atoms with Gasteiger partial charge in [0.05, 0.1) is 5.57 Å². The largest absolute Gasteiger partial charge is 0.475 e. The van der Waals surface area contributed by atoms with Crippen LogP contribution >= 0.6 is 15.9 Å². The lowest BCUT2D eigenvalue weighted by Crippen LogP contribution is -2.42. The Bertz CT molecular complexity index is 970. The molecule has 0 radical (unpaired) electrons. The SMILES string of the molecule is [2H]C([2H])([2H])c1cc(Br)cc2c1O[C@H](C(F)(F)F)C(C(=O)OC(CO[N+](=O)[O-])CO[N+](=O)[O-])=C2. The van der Waals surface area contributed by atoms with Gasteiger partial charge in [-0.3, -0.25) is 0 Å². The third kappa shape index (κ3) is 5.95. The minimum absolute atomic E-state index is 0.155. The van der Waals surface area contributed by atoms with Gasteiger partial charge < -0.3 is 19.1 Å². The number of carbonyl (C=O) groups excluding carboxylic acids is 1. The fourth-order valence-electron chi connectivity index (χ4n) is 2.31. The van der Waals surface area contributed by atoms with Crippen molar-refractivity contribution in [1.82, 2.24) is 0 Å². The van der Waals surface area contributed by atoms with E-state index < -0.39 is 71.5 Å². The van der Waals surface area contributed by atoms with Crippen molar-refractivity contribution in [1.29, 1.82) is 0 Å². The summed E-state index contributed by atoms with van der Waals surface area (Å²) in [5.74, 6) is -2.34. The van der Waals surface area contributed by atoms with Gasteiger partial charge in [0.25, 0.3) is 10.2 Å². The average molecular weight is 504 g/mol. The Morgan fingerprint density at radius 2 is 1.90 bits per heavy atom. The van der Waals surface area contributed by atoms with Gasteiger partial charge in [-0.2, -0.15) is 13.2 Å². The first-order chi connectivity index (χ1) is 15.1. The molecule has 0 saturated carbocycles. The molecule has 30 heavy (non-hydrogen) atoms. The second kappa shape index (κ2) is 9.15. The lowest BCUT2D eigenvalue weighted by Gasteiger charge is -2.29. The van der Waals surface area contributed by atoms with E-state index in [2.05, 4.69) is 25.6 Å². The van der Waals surface area contributed by atoms with Crippen LogP contribution in [0.25, 0.3) is 6.08 Å². The molecule has 1 aliphatic rings. The molecule has 2 rings (SSSR count). The Balaban J connectivity index is 2.46. The average Bonchev–Trinajstić information content (AvgIpc) is 2.66. The summed E-state index contributed by atoms with van der Waals surface area (Å²) in [4.78, 5) is 41.0. The Morgan fingerprint density at radius 1 is 1.30 bits per heavy atom. The molecule has 0 spiro atoms. The summed E-state index contributed by atoms with van der Waals surface area (Å²) in [6.45, 7) is -5.02. The van der Waals surface area contributed by atoms with Crippen LogP contribution in [0.2, 0.25) is 0 Å². The van der Waals surface area contributed by atoms with Crippen LogP contribution < -0.4 is 4.74 Å². The van der Waals surface area contributed by atoms with Crippen molar-refractivity contribution in [3.05, 3.63) is 53.5 Å². The highest BCUT2D eigenvalue weighted by Crippen LogP contribution is 2.40. The minimum Gasteiger partial charge on any atom is -0.475 e. The van der Waals surface area contributed by atoms with E-state index in [9.17, 15) is 38.2 Å². The van der Waals surface area contributed by atoms with Crippen molar-refractivity contribution < 1.29 is 51.4 Å². The maximum atomic E-state index is 13.6. The number of ether oxygens (including phenoxy) is 2. The molecule has 0 N–H and O–H groups in total. The first-order valence-corrected chi connectivity index (χ1v) is 8.43. The second-order valence-corrected chi connectivity index (χ2v) is 6.49. The Kier molecular flexibility index (Phi) is 5.76. The minimum atomic E-state index is -5.22. The van der Waals surface area contributed by atoms with Crippen LogP contribution in [-0.2, 0) is 19.2 Å². The second-order valence-electron chi connectivity index (χ2n) is 5.58. The number of esters is 1. The monoisotopic (exact) mass is 503 g/mol. The first-order valence-electron chi connectivity index (χ1n) is 9.14. The third-order valence-corrected chi connectivity index (χ3v) is 3.91. The first kappa shape index (κ1) is 18.9. The van der Waals surface area contributed by atoms with Crippen molar-refractivity contribution in [3.63, 3.8) is 0 Å². The van der Waals surface area contributed by atoms with Crippen LogP contribution in [0, 0.1) is 27.1 Å². The standard InChI is InChI=1S/C15H12BrF3N2O9/c1-7-2-9(16)3-8-4-11(13(15(17,18)19)30-12(7)8)14(22)29-10(5-27-20(23)24)6-28-21(25)26/h2-4,10,13H,5-6H2,1H3/t13-/m0/s1/i1D3. The van der Waals surface area contributed by atoms with Gasteiger partial charge in [-0.25, -0.2) is 4.79 Å². The van der Waals surface area contributed by atoms with Crippen LogP contribution in [0.1, 0.15) is 15.2 Å². The van der Waals surface area contributed by atoms with Gasteiger partial charge in [0.15, 0.2) is 0 Å². The van der Waals surface area contributed by atoms with Crippen molar-refractivity contribution in [2.45, 2.75) is 25.2 Å². The van der Waals surface area contributed by atoms with Crippen molar-refractivity contribution in [3.8, 4) is 5.75 Å². The van der Waals surface area contributed by atoms with Gasteiger partial charge in [-0.05, 0) is 30.6 Å². The molecule has 1 aromatic rings. The van der Waals surface area contributed by atoms with Gasteiger partial charge >= 0.3 is 12.1 Å². The molecule has 15 heteroatoms. The summed E-state index contributed by atoms with van der Waals surface area (Å²) in [7, 11) is 0.